The Hall–Kier alpha value is -1.67. The summed E-state index contributed by atoms with van der Waals surface area (Å²) in [5.74, 6) is 0.754. The van der Waals surface area contributed by atoms with E-state index in [9.17, 15) is 0 Å². The molecule has 0 aromatic carbocycles. The van der Waals surface area contributed by atoms with Crippen LogP contribution in [0.4, 0.5) is 5.95 Å². The Labute approximate surface area is 126 Å². The predicted molar refractivity (Wildman–Crippen MR) is 82.0 cm³/mol. The Bertz CT molecular complexity index is 486. The molecule has 1 N–H and O–H groups in total. The molecule has 1 aromatic rings. The van der Waals surface area contributed by atoms with Gasteiger partial charge in [0.1, 0.15) is 6.07 Å². The van der Waals surface area contributed by atoms with Gasteiger partial charge in [0.15, 0.2) is 0 Å². The number of hydrogen-bond acceptors (Lipinski definition) is 5. The lowest BCUT2D eigenvalue weighted by atomic mass is 9.94. The van der Waals surface area contributed by atoms with Crippen LogP contribution in [0.25, 0.3) is 0 Å². The minimum absolute atomic E-state index is 0.521. The van der Waals surface area contributed by atoms with Crippen molar-refractivity contribution in [2.45, 2.75) is 57.0 Å². The molecule has 1 saturated heterocycles. The second-order valence-electron chi connectivity index (χ2n) is 6.17. The first-order valence-corrected chi connectivity index (χ1v) is 8.08. The minimum atomic E-state index is 0.521. The van der Waals surface area contributed by atoms with Gasteiger partial charge in [0, 0.05) is 25.2 Å². The van der Waals surface area contributed by atoms with E-state index in [1.54, 1.807) is 12.4 Å². The molecule has 1 aliphatic carbocycles. The third-order valence-electron chi connectivity index (χ3n) is 4.55. The molecule has 2 aliphatic rings. The topological polar surface area (TPSA) is 64.8 Å². The molecule has 112 valence electrons. The van der Waals surface area contributed by atoms with Crippen molar-refractivity contribution in [3.63, 3.8) is 0 Å². The van der Waals surface area contributed by atoms with Crippen molar-refractivity contribution in [2.24, 2.45) is 0 Å². The molecule has 0 bridgehead atoms. The Morgan fingerprint density at radius 3 is 2.48 bits per heavy atom. The molecule has 3 rings (SSSR count). The molecule has 5 nitrogen and oxygen atoms in total. The van der Waals surface area contributed by atoms with Gasteiger partial charge in [-0.3, -0.25) is 0 Å². The smallest absolute Gasteiger partial charge is 0.225 e. The van der Waals surface area contributed by atoms with Gasteiger partial charge >= 0.3 is 0 Å². The van der Waals surface area contributed by atoms with E-state index in [4.69, 9.17) is 5.26 Å². The molecule has 2 fully saturated rings. The van der Waals surface area contributed by atoms with Gasteiger partial charge < -0.3 is 10.2 Å². The molecule has 1 saturated carbocycles. The maximum atomic E-state index is 8.81. The van der Waals surface area contributed by atoms with Crippen molar-refractivity contribution in [1.29, 1.82) is 5.26 Å². The number of nitrogens with one attached hydrogen (secondary N) is 1. The molecule has 1 aliphatic heterocycles. The van der Waals surface area contributed by atoms with Crippen LogP contribution in [-0.4, -0.2) is 35.1 Å². The third-order valence-corrected chi connectivity index (χ3v) is 4.55. The lowest BCUT2D eigenvalue weighted by Gasteiger charge is -2.36. The van der Waals surface area contributed by atoms with Crippen molar-refractivity contribution < 1.29 is 0 Å². The molecule has 5 heteroatoms. The van der Waals surface area contributed by atoms with Crippen LogP contribution in [0.1, 0.15) is 50.5 Å². The number of anilines is 1. The van der Waals surface area contributed by atoms with Gasteiger partial charge in [-0.05, 0) is 25.7 Å². The standard InChI is InChI=1S/C16H23N5/c17-9-13-10-18-16(19-11-13)21-8-4-7-15(12-21)20-14-5-2-1-3-6-14/h10-11,14-15,20H,1-8,12H2. The zero-order valence-corrected chi connectivity index (χ0v) is 12.5. The number of rotatable bonds is 3. The van der Waals surface area contributed by atoms with Crippen LogP contribution in [0.3, 0.4) is 0 Å². The van der Waals surface area contributed by atoms with E-state index in [1.165, 1.54) is 44.9 Å². The number of aromatic nitrogens is 2. The van der Waals surface area contributed by atoms with Crippen LogP contribution < -0.4 is 10.2 Å². The van der Waals surface area contributed by atoms with Crippen molar-refractivity contribution in [2.75, 3.05) is 18.0 Å². The fourth-order valence-electron chi connectivity index (χ4n) is 3.44. The zero-order valence-electron chi connectivity index (χ0n) is 12.5. The van der Waals surface area contributed by atoms with Crippen LogP contribution in [0, 0.1) is 11.3 Å². The van der Waals surface area contributed by atoms with Gasteiger partial charge in [-0.1, -0.05) is 19.3 Å². The highest BCUT2D eigenvalue weighted by atomic mass is 15.3. The number of piperidine rings is 1. The van der Waals surface area contributed by atoms with E-state index in [0.717, 1.165) is 19.0 Å². The second-order valence-corrected chi connectivity index (χ2v) is 6.17. The lowest BCUT2D eigenvalue weighted by molar-refractivity contribution is 0.311. The summed E-state index contributed by atoms with van der Waals surface area (Å²) >= 11 is 0. The van der Waals surface area contributed by atoms with E-state index in [1.807, 2.05) is 0 Å². The van der Waals surface area contributed by atoms with Gasteiger partial charge in [-0.25, -0.2) is 9.97 Å². The first-order chi connectivity index (χ1) is 10.3. The molecule has 21 heavy (non-hydrogen) atoms. The number of nitrogens with zero attached hydrogens (tertiary/aromatic N) is 4. The maximum absolute atomic E-state index is 8.81. The summed E-state index contributed by atoms with van der Waals surface area (Å²) in [6.07, 6.45) is 12.4. The zero-order chi connectivity index (χ0) is 14.5. The fraction of sp³-hybridized carbons (Fsp3) is 0.688. The van der Waals surface area contributed by atoms with Gasteiger partial charge in [0.05, 0.1) is 18.0 Å². The van der Waals surface area contributed by atoms with Crippen LogP contribution in [0.2, 0.25) is 0 Å². The van der Waals surface area contributed by atoms with Gasteiger partial charge in [-0.15, -0.1) is 0 Å². The molecule has 0 amide bonds. The van der Waals surface area contributed by atoms with Crippen LogP contribution in [-0.2, 0) is 0 Å². The van der Waals surface area contributed by atoms with E-state index < -0.39 is 0 Å². The Balaban J connectivity index is 1.58. The van der Waals surface area contributed by atoms with Crippen LogP contribution in [0.5, 0.6) is 0 Å². The van der Waals surface area contributed by atoms with Crippen molar-refractivity contribution >= 4 is 5.95 Å². The van der Waals surface area contributed by atoms with Crippen LogP contribution in [0.15, 0.2) is 12.4 Å². The lowest BCUT2D eigenvalue weighted by Crippen LogP contribution is -2.50. The minimum Gasteiger partial charge on any atom is -0.339 e. The summed E-state index contributed by atoms with van der Waals surface area (Å²) in [5.41, 5.74) is 0.521. The molecule has 0 spiro atoms. The monoisotopic (exact) mass is 285 g/mol. The largest absolute Gasteiger partial charge is 0.339 e. The van der Waals surface area contributed by atoms with Gasteiger partial charge in [0.25, 0.3) is 0 Å². The molecule has 1 aromatic heterocycles. The second kappa shape index (κ2) is 6.86. The van der Waals surface area contributed by atoms with E-state index in [-0.39, 0.29) is 0 Å². The van der Waals surface area contributed by atoms with Crippen molar-refractivity contribution in [3.8, 4) is 6.07 Å². The third kappa shape index (κ3) is 3.70. The molecule has 0 radical (unpaired) electrons. The van der Waals surface area contributed by atoms with E-state index in [0.29, 0.717) is 17.6 Å². The summed E-state index contributed by atoms with van der Waals surface area (Å²) in [4.78, 5) is 10.9. The number of nitriles is 1. The van der Waals surface area contributed by atoms with E-state index in [2.05, 4.69) is 26.3 Å². The first kappa shape index (κ1) is 14.3. The van der Waals surface area contributed by atoms with Gasteiger partial charge in [-0.2, -0.15) is 5.26 Å². The Kier molecular flexibility index (Phi) is 4.66. The quantitative estimate of drug-likeness (QED) is 0.922. The average molecular weight is 285 g/mol. The summed E-state index contributed by atoms with van der Waals surface area (Å²) in [6, 6.07) is 3.31. The molecule has 1 unspecified atom stereocenters. The highest BCUT2D eigenvalue weighted by molar-refractivity contribution is 5.34. The van der Waals surface area contributed by atoms with Crippen molar-refractivity contribution in [1.82, 2.24) is 15.3 Å². The predicted octanol–water partition coefficient (Wildman–Crippen LogP) is 2.24. The molecule has 2 heterocycles. The maximum Gasteiger partial charge on any atom is 0.225 e. The Morgan fingerprint density at radius 2 is 1.76 bits per heavy atom. The summed E-state index contributed by atoms with van der Waals surface area (Å²) in [6.45, 7) is 1.98. The SMILES string of the molecule is N#Cc1cnc(N2CCCC(NC3CCCCC3)C2)nc1. The van der Waals surface area contributed by atoms with Crippen molar-refractivity contribution in [3.05, 3.63) is 18.0 Å². The highest BCUT2D eigenvalue weighted by Gasteiger charge is 2.24. The highest BCUT2D eigenvalue weighted by Crippen LogP contribution is 2.21. The Morgan fingerprint density at radius 1 is 1.05 bits per heavy atom. The molecule has 1 atom stereocenters. The summed E-state index contributed by atoms with van der Waals surface area (Å²) in [7, 11) is 0. The summed E-state index contributed by atoms with van der Waals surface area (Å²) < 4.78 is 0. The number of hydrogen-bond donors (Lipinski definition) is 1. The van der Waals surface area contributed by atoms with Crippen LogP contribution >= 0.6 is 0 Å². The summed E-state index contributed by atoms with van der Waals surface area (Å²) in [5, 5.41) is 12.6. The fourth-order valence-corrected chi connectivity index (χ4v) is 3.44. The molecular formula is C16H23N5. The molecular weight excluding hydrogens is 262 g/mol. The average Bonchev–Trinajstić information content (AvgIpc) is 2.56. The van der Waals surface area contributed by atoms with E-state index >= 15 is 0 Å². The van der Waals surface area contributed by atoms with Gasteiger partial charge in [0.2, 0.25) is 5.95 Å². The normalized spacial score (nSPS) is 23.8. The first-order valence-electron chi connectivity index (χ1n) is 8.08.